The van der Waals surface area contributed by atoms with Gasteiger partial charge in [-0.05, 0) is 25.0 Å². The van der Waals surface area contributed by atoms with Crippen LogP contribution in [0.5, 0.6) is 0 Å². The Hall–Kier alpha value is -2.11. The van der Waals surface area contributed by atoms with Crippen LogP contribution in [-0.2, 0) is 0 Å². The lowest BCUT2D eigenvalue weighted by Crippen LogP contribution is -2.38. The van der Waals surface area contributed by atoms with Crippen LogP contribution in [0.25, 0.3) is 0 Å². The molecule has 114 valence electrons. The van der Waals surface area contributed by atoms with E-state index >= 15 is 0 Å². The molecule has 2 rings (SSSR count). The minimum Gasteiger partial charge on any atom is -0.383 e. The van der Waals surface area contributed by atoms with Crippen molar-refractivity contribution in [3.05, 3.63) is 33.9 Å². The molecule has 0 bridgehead atoms. The van der Waals surface area contributed by atoms with Gasteiger partial charge in [-0.15, -0.1) is 0 Å². The average Bonchev–Trinajstić information content (AvgIpc) is 2.53. The lowest BCUT2D eigenvalue weighted by atomic mass is 9.94. The van der Waals surface area contributed by atoms with Crippen molar-refractivity contribution in [3.63, 3.8) is 0 Å². The summed E-state index contributed by atoms with van der Waals surface area (Å²) in [7, 11) is 3.36. The van der Waals surface area contributed by atoms with Crippen LogP contribution in [0.4, 0.5) is 11.4 Å². The topological polar surface area (TPSA) is 75.5 Å². The summed E-state index contributed by atoms with van der Waals surface area (Å²) in [4.78, 5) is 25.1. The average molecular weight is 291 g/mol. The van der Waals surface area contributed by atoms with Gasteiger partial charge in [-0.1, -0.05) is 25.3 Å². The van der Waals surface area contributed by atoms with Gasteiger partial charge in [0.15, 0.2) is 0 Å². The fourth-order valence-corrected chi connectivity index (χ4v) is 2.94. The van der Waals surface area contributed by atoms with Crippen LogP contribution >= 0.6 is 0 Å². The Balaban J connectivity index is 2.32. The summed E-state index contributed by atoms with van der Waals surface area (Å²) in [6.45, 7) is 0. The van der Waals surface area contributed by atoms with E-state index in [2.05, 4.69) is 5.32 Å². The van der Waals surface area contributed by atoms with Crippen LogP contribution in [0.15, 0.2) is 18.2 Å². The van der Waals surface area contributed by atoms with Gasteiger partial charge >= 0.3 is 5.69 Å². The standard InChI is InChI=1S/C15H21N3O3/c1-16-13-10-6-9-12(14(13)18(20)21)15(19)17(2)11-7-4-3-5-8-11/h6,9-11,16H,3-5,7-8H2,1-2H3. The van der Waals surface area contributed by atoms with Crippen molar-refractivity contribution < 1.29 is 9.72 Å². The molecule has 0 radical (unpaired) electrons. The highest BCUT2D eigenvalue weighted by Gasteiger charge is 2.29. The maximum atomic E-state index is 12.6. The normalized spacial score (nSPS) is 15.5. The number of rotatable bonds is 4. The molecule has 1 amide bonds. The van der Waals surface area contributed by atoms with Gasteiger partial charge < -0.3 is 10.2 Å². The molecule has 0 saturated heterocycles. The quantitative estimate of drug-likeness (QED) is 0.683. The summed E-state index contributed by atoms with van der Waals surface area (Å²) in [6.07, 6.45) is 5.37. The number of hydrogen-bond acceptors (Lipinski definition) is 4. The van der Waals surface area contributed by atoms with E-state index in [1.54, 1.807) is 31.1 Å². The minimum absolute atomic E-state index is 0.146. The number of hydrogen-bond donors (Lipinski definition) is 1. The number of nitro benzene ring substituents is 1. The number of amides is 1. The molecule has 6 heteroatoms. The molecule has 1 N–H and O–H groups in total. The zero-order valence-electron chi connectivity index (χ0n) is 12.5. The largest absolute Gasteiger partial charge is 0.383 e. The van der Waals surface area contributed by atoms with E-state index in [1.807, 2.05) is 0 Å². The van der Waals surface area contributed by atoms with Gasteiger partial charge in [-0.25, -0.2) is 0 Å². The predicted octanol–water partition coefficient (Wildman–Crippen LogP) is 3.04. The Bertz CT molecular complexity index is 539. The molecular weight excluding hydrogens is 270 g/mol. The summed E-state index contributed by atoms with van der Waals surface area (Å²) >= 11 is 0. The van der Waals surface area contributed by atoms with Gasteiger partial charge in [-0.2, -0.15) is 0 Å². The second-order valence-corrected chi connectivity index (χ2v) is 5.42. The molecule has 1 fully saturated rings. The fourth-order valence-electron chi connectivity index (χ4n) is 2.94. The molecule has 1 aromatic carbocycles. The Morgan fingerprint density at radius 3 is 2.57 bits per heavy atom. The van der Waals surface area contributed by atoms with E-state index in [0.717, 1.165) is 25.7 Å². The van der Waals surface area contributed by atoms with Crippen LogP contribution in [0, 0.1) is 10.1 Å². The maximum absolute atomic E-state index is 12.6. The lowest BCUT2D eigenvalue weighted by Gasteiger charge is -2.31. The highest BCUT2D eigenvalue weighted by molar-refractivity contribution is 6.00. The van der Waals surface area contributed by atoms with E-state index in [4.69, 9.17) is 0 Å². The molecule has 1 aromatic rings. The van der Waals surface area contributed by atoms with E-state index in [-0.39, 0.29) is 23.2 Å². The number of para-hydroxylation sites is 1. The zero-order valence-corrected chi connectivity index (χ0v) is 12.5. The summed E-state index contributed by atoms with van der Waals surface area (Å²) < 4.78 is 0. The highest BCUT2D eigenvalue weighted by atomic mass is 16.6. The van der Waals surface area contributed by atoms with E-state index in [0.29, 0.717) is 5.69 Å². The van der Waals surface area contributed by atoms with Gasteiger partial charge in [-0.3, -0.25) is 14.9 Å². The van der Waals surface area contributed by atoms with E-state index in [9.17, 15) is 14.9 Å². The van der Waals surface area contributed by atoms with Gasteiger partial charge in [0.2, 0.25) is 0 Å². The predicted molar refractivity (Wildman–Crippen MR) is 81.6 cm³/mol. The van der Waals surface area contributed by atoms with E-state index < -0.39 is 4.92 Å². The first-order chi connectivity index (χ1) is 10.1. The molecule has 0 atom stereocenters. The lowest BCUT2D eigenvalue weighted by molar-refractivity contribution is -0.384. The second kappa shape index (κ2) is 6.56. The molecule has 6 nitrogen and oxygen atoms in total. The third-order valence-electron chi connectivity index (χ3n) is 4.16. The number of carbonyl (C=O) groups excluding carboxylic acids is 1. The molecular formula is C15H21N3O3. The minimum atomic E-state index is -0.492. The summed E-state index contributed by atoms with van der Waals surface area (Å²) in [6, 6.07) is 4.99. The Labute approximate surface area is 124 Å². The van der Waals surface area contributed by atoms with Crippen molar-refractivity contribution in [1.82, 2.24) is 4.90 Å². The van der Waals surface area contributed by atoms with Crippen molar-refractivity contribution in [2.45, 2.75) is 38.1 Å². The molecule has 1 aliphatic carbocycles. The highest BCUT2D eigenvalue weighted by Crippen LogP contribution is 2.30. The first kappa shape index (κ1) is 15.3. The zero-order chi connectivity index (χ0) is 15.4. The van der Waals surface area contributed by atoms with Gasteiger partial charge in [0.1, 0.15) is 11.3 Å². The van der Waals surface area contributed by atoms with Crippen molar-refractivity contribution in [3.8, 4) is 0 Å². The number of nitrogens with one attached hydrogen (secondary N) is 1. The first-order valence-corrected chi connectivity index (χ1v) is 7.28. The SMILES string of the molecule is CNc1cccc(C(=O)N(C)C2CCCCC2)c1[N+](=O)[O-]. The molecule has 0 aromatic heterocycles. The maximum Gasteiger partial charge on any atom is 0.305 e. The number of anilines is 1. The van der Waals surface area contributed by atoms with Crippen LogP contribution in [0.3, 0.4) is 0 Å². The molecule has 0 unspecified atom stereocenters. The molecule has 21 heavy (non-hydrogen) atoms. The molecule has 1 aliphatic rings. The smallest absolute Gasteiger partial charge is 0.305 e. The molecule has 0 spiro atoms. The number of benzene rings is 1. The van der Waals surface area contributed by atoms with E-state index in [1.165, 1.54) is 12.5 Å². The second-order valence-electron chi connectivity index (χ2n) is 5.42. The number of carbonyl (C=O) groups is 1. The Morgan fingerprint density at radius 1 is 1.33 bits per heavy atom. The van der Waals surface area contributed by atoms with Crippen LogP contribution in [-0.4, -0.2) is 35.9 Å². The fraction of sp³-hybridized carbons (Fsp3) is 0.533. The Morgan fingerprint density at radius 2 is 2.00 bits per heavy atom. The van der Waals surface area contributed by atoms with Crippen LogP contribution < -0.4 is 5.32 Å². The molecule has 0 heterocycles. The summed E-state index contributed by atoms with van der Waals surface area (Å²) in [5.41, 5.74) is 0.371. The van der Waals surface area contributed by atoms with Gasteiger partial charge in [0.05, 0.1) is 4.92 Å². The first-order valence-electron chi connectivity index (χ1n) is 7.28. The number of nitro groups is 1. The Kier molecular flexibility index (Phi) is 4.77. The molecule has 1 saturated carbocycles. The van der Waals surface area contributed by atoms with Crippen molar-refractivity contribution >= 4 is 17.3 Å². The van der Waals surface area contributed by atoms with Gasteiger partial charge in [0, 0.05) is 20.1 Å². The third kappa shape index (κ3) is 3.15. The van der Waals surface area contributed by atoms with Crippen molar-refractivity contribution in [2.24, 2.45) is 0 Å². The summed E-state index contributed by atoms with van der Waals surface area (Å²) in [5.74, 6) is -0.272. The van der Waals surface area contributed by atoms with Crippen molar-refractivity contribution in [2.75, 3.05) is 19.4 Å². The van der Waals surface area contributed by atoms with Gasteiger partial charge in [0.25, 0.3) is 5.91 Å². The monoisotopic (exact) mass is 291 g/mol. The molecule has 0 aliphatic heterocycles. The number of nitrogens with zero attached hydrogens (tertiary/aromatic N) is 2. The van der Waals surface area contributed by atoms with Crippen LogP contribution in [0.2, 0.25) is 0 Å². The third-order valence-corrected chi connectivity index (χ3v) is 4.16. The summed E-state index contributed by atoms with van der Waals surface area (Å²) in [5, 5.41) is 14.1. The van der Waals surface area contributed by atoms with Crippen LogP contribution in [0.1, 0.15) is 42.5 Å². The van der Waals surface area contributed by atoms with Crippen molar-refractivity contribution in [1.29, 1.82) is 0 Å².